The van der Waals surface area contributed by atoms with Crippen LogP contribution >= 0.6 is 0 Å². The van der Waals surface area contributed by atoms with Crippen LogP contribution in [-0.2, 0) is 19.9 Å². The molecule has 7 nitrogen and oxygen atoms in total. The van der Waals surface area contributed by atoms with Crippen LogP contribution in [0.5, 0.6) is 0 Å². The average Bonchev–Trinajstić information content (AvgIpc) is 3.28. The van der Waals surface area contributed by atoms with Crippen molar-refractivity contribution in [1.82, 2.24) is 25.4 Å². The van der Waals surface area contributed by atoms with Gasteiger partial charge in [-0.3, -0.25) is 9.67 Å². The molecule has 0 bridgehead atoms. The summed E-state index contributed by atoms with van der Waals surface area (Å²) in [5.74, 6) is 0.948. The highest BCUT2D eigenvalue weighted by Gasteiger charge is 2.14. The van der Waals surface area contributed by atoms with Gasteiger partial charge in [0.2, 0.25) is 5.89 Å². The van der Waals surface area contributed by atoms with Crippen molar-refractivity contribution in [2.45, 2.75) is 39.7 Å². The molecule has 8 heteroatoms. The molecule has 1 aromatic carbocycles. The molecule has 0 aliphatic heterocycles. The number of hydrogen-bond acceptors (Lipinski definition) is 4. The van der Waals surface area contributed by atoms with E-state index in [0.717, 1.165) is 29.3 Å². The van der Waals surface area contributed by atoms with Crippen molar-refractivity contribution < 1.29 is 8.81 Å². The summed E-state index contributed by atoms with van der Waals surface area (Å²) < 4.78 is 20.5. The molecule has 2 N–H and O–H groups in total. The number of halogens is 1. The summed E-state index contributed by atoms with van der Waals surface area (Å²) in [5, 5.41) is 11.2. The van der Waals surface area contributed by atoms with Crippen molar-refractivity contribution in [2.75, 3.05) is 13.6 Å². The minimum absolute atomic E-state index is 0.204. The van der Waals surface area contributed by atoms with E-state index in [2.05, 4.69) is 39.6 Å². The van der Waals surface area contributed by atoms with Crippen molar-refractivity contribution in [3.8, 4) is 11.5 Å². The predicted molar refractivity (Wildman–Crippen MR) is 116 cm³/mol. The Morgan fingerprint density at radius 2 is 2.00 bits per heavy atom. The van der Waals surface area contributed by atoms with Gasteiger partial charge in [-0.2, -0.15) is 5.10 Å². The molecular weight excluding hydrogens is 383 g/mol. The molecule has 0 spiro atoms. The van der Waals surface area contributed by atoms with Crippen LogP contribution in [-0.4, -0.2) is 40.4 Å². The highest BCUT2D eigenvalue weighted by molar-refractivity contribution is 5.79. The summed E-state index contributed by atoms with van der Waals surface area (Å²) >= 11 is 0. The number of hydrogen-bond donors (Lipinski definition) is 2. The number of rotatable bonds is 7. The normalized spacial score (nSPS) is 12.8. The lowest BCUT2D eigenvalue weighted by Crippen LogP contribution is -2.43. The third-order valence-corrected chi connectivity index (χ3v) is 5.09. The summed E-state index contributed by atoms with van der Waals surface area (Å²) in [6.07, 6.45) is 3.18. The number of nitrogens with zero attached hydrogens (tertiary/aromatic N) is 4. The molecule has 2 aromatic heterocycles. The molecule has 2 heterocycles. The van der Waals surface area contributed by atoms with Gasteiger partial charge in [-0.15, -0.1) is 0 Å². The molecular formula is C22H29FN6O. The van der Waals surface area contributed by atoms with E-state index >= 15 is 0 Å². The van der Waals surface area contributed by atoms with Gasteiger partial charge < -0.3 is 15.1 Å². The Hall–Kier alpha value is -3.16. The first kappa shape index (κ1) is 21.5. The third kappa shape index (κ3) is 5.25. The highest BCUT2D eigenvalue weighted by atomic mass is 19.1. The van der Waals surface area contributed by atoms with Gasteiger partial charge in [-0.25, -0.2) is 9.37 Å². The van der Waals surface area contributed by atoms with Crippen LogP contribution < -0.4 is 10.6 Å². The SMILES string of the molecule is CN=C(NCCc1coc(-c2ccc(F)cc2)n1)NC(C)Cc1c(C)nn(C)c1C. The van der Waals surface area contributed by atoms with Gasteiger partial charge in [-0.05, 0) is 57.0 Å². The van der Waals surface area contributed by atoms with Crippen LogP contribution in [0.1, 0.15) is 29.6 Å². The Morgan fingerprint density at radius 3 is 2.63 bits per heavy atom. The van der Waals surface area contributed by atoms with Gasteiger partial charge in [0.25, 0.3) is 0 Å². The fourth-order valence-electron chi connectivity index (χ4n) is 3.35. The van der Waals surface area contributed by atoms with E-state index < -0.39 is 0 Å². The quantitative estimate of drug-likeness (QED) is 0.460. The standard InChI is InChI=1S/C22H29FN6O/c1-14(12-20-15(2)28-29(5)16(20)3)26-22(24-4)25-11-10-19-13-30-21(27-19)17-6-8-18(23)9-7-17/h6-9,13-14H,10-12H2,1-5H3,(H2,24,25,26). The Kier molecular flexibility index (Phi) is 6.87. The van der Waals surface area contributed by atoms with Crippen LogP contribution in [0.25, 0.3) is 11.5 Å². The lowest BCUT2D eigenvalue weighted by Gasteiger charge is -2.18. The van der Waals surface area contributed by atoms with E-state index in [1.807, 2.05) is 18.7 Å². The molecule has 160 valence electrons. The van der Waals surface area contributed by atoms with Crippen molar-refractivity contribution in [1.29, 1.82) is 0 Å². The van der Waals surface area contributed by atoms with Crippen molar-refractivity contribution in [2.24, 2.45) is 12.0 Å². The molecule has 30 heavy (non-hydrogen) atoms. The van der Waals surface area contributed by atoms with Gasteiger partial charge in [0.15, 0.2) is 5.96 Å². The van der Waals surface area contributed by atoms with Crippen LogP contribution in [0.4, 0.5) is 4.39 Å². The van der Waals surface area contributed by atoms with E-state index in [1.54, 1.807) is 25.4 Å². The van der Waals surface area contributed by atoms with E-state index in [9.17, 15) is 4.39 Å². The fourth-order valence-corrected chi connectivity index (χ4v) is 3.35. The Balaban J connectivity index is 1.49. The number of guanidine groups is 1. The van der Waals surface area contributed by atoms with Gasteiger partial charge in [-0.1, -0.05) is 0 Å². The van der Waals surface area contributed by atoms with Crippen LogP contribution in [0, 0.1) is 19.7 Å². The zero-order valence-electron chi connectivity index (χ0n) is 18.2. The second-order valence-corrected chi connectivity index (χ2v) is 7.42. The van der Waals surface area contributed by atoms with Crippen molar-refractivity contribution in [3.63, 3.8) is 0 Å². The summed E-state index contributed by atoms with van der Waals surface area (Å²) in [6.45, 7) is 6.92. The second-order valence-electron chi connectivity index (χ2n) is 7.42. The molecule has 0 saturated carbocycles. The zero-order valence-corrected chi connectivity index (χ0v) is 18.2. The van der Waals surface area contributed by atoms with E-state index in [-0.39, 0.29) is 11.9 Å². The number of aryl methyl sites for hydroxylation is 2. The maximum Gasteiger partial charge on any atom is 0.226 e. The summed E-state index contributed by atoms with van der Waals surface area (Å²) in [5.41, 5.74) is 5.10. The van der Waals surface area contributed by atoms with Crippen molar-refractivity contribution >= 4 is 5.96 Å². The lowest BCUT2D eigenvalue weighted by molar-refractivity contribution is 0.571. The average molecular weight is 413 g/mol. The predicted octanol–water partition coefficient (Wildman–Crippen LogP) is 3.17. The van der Waals surface area contributed by atoms with E-state index in [1.165, 1.54) is 23.4 Å². The van der Waals surface area contributed by atoms with Gasteiger partial charge in [0, 0.05) is 44.4 Å². The Labute approximate surface area is 176 Å². The smallest absolute Gasteiger partial charge is 0.226 e. The molecule has 1 atom stereocenters. The molecule has 0 saturated heterocycles. The number of nitrogens with one attached hydrogen (secondary N) is 2. The first-order valence-corrected chi connectivity index (χ1v) is 10.0. The van der Waals surface area contributed by atoms with Gasteiger partial charge in [0.05, 0.1) is 11.4 Å². The zero-order chi connectivity index (χ0) is 21.7. The lowest BCUT2D eigenvalue weighted by atomic mass is 10.1. The number of aromatic nitrogens is 3. The molecule has 3 aromatic rings. The Morgan fingerprint density at radius 1 is 1.27 bits per heavy atom. The van der Waals surface area contributed by atoms with Crippen LogP contribution in [0.3, 0.4) is 0 Å². The van der Waals surface area contributed by atoms with Crippen LogP contribution in [0.2, 0.25) is 0 Å². The molecule has 3 rings (SSSR count). The van der Waals surface area contributed by atoms with Crippen molar-refractivity contribution in [3.05, 3.63) is 59.0 Å². The summed E-state index contributed by atoms with van der Waals surface area (Å²) in [6, 6.07) is 6.30. The molecule has 0 aliphatic carbocycles. The monoisotopic (exact) mass is 412 g/mol. The molecule has 1 unspecified atom stereocenters. The van der Waals surface area contributed by atoms with Crippen LogP contribution in [0.15, 0.2) is 39.9 Å². The Bertz CT molecular complexity index is 1010. The number of oxazole rings is 1. The van der Waals surface area contributed by atoms with Gasteiger partial charge >= 0.3 is 0 Å². The summed E-state index contributed by atoms with van der Waals surface area (Å²) in [4.78, 5) is 8.78. The second kappa shape index (κ2) is 9.56. The van der Waals surface area contributed by atoms with E-state index in [0.29, 0.717) is 18.9 Å². The first-order chi connectivity index (χ1) is 14.4. The fraction of sp³-hybridized carbons (Fsp3) is 0.409. The minimum atomic E-state index is -0.281. The topological polar surface area (TPSA) is 80.3 Å². The summed E-state index contributed by atoms with van der Waals surface area (Å²) in [7, 11) is 3.72. The molecule has 0 fully saturated rings. The largest absolute Gasteiger partial charge is 0.444 e. The molecule has 0 aliphatic rings. The highest BCUT2D eigenvalue weighted by Crippen LogP contribution is 2.19. The molecule has 0 amide bonds. The maximum absolute atomic E-state index is 13.1. The number of benzene rings is 1. The first-order valence-electron chi connectivity index (χ1n) is 10.0. The third-order valence-electron chi connectivity index (χ3n) is 5.09. The maximum atomic E-state index is 13.1. The molecule has 0 radical (unpaired) electrons. The van der Waals surface area contributed by atoms with E-state index in [4.69, 9.17) is 4.42 Å². The van der Waals surface area contributed by atoms with Gasteiger partial charge in [0.1, 0.15) is 12.1 Å². The minimum Gasteiger partial charge on any atom is -0.444 e. The number of aliphatic imine (C=N–C) groups is 1.